The molecule has 1 atom stereocenters. The maximum atomic E-state index is 5.32. The highest BCUT2D eigenvalue weighted by atomic mass is 16.5. The van der Waals surface area contributed by atoms with E-state index in [2.05, 4.69) is 11.8 Å². The summed E-state index contributed by atoms with van der Waals surface area (Å²) in [5.41, 5.74) is 0. The molecule has 0 amide bonds. The minimum atomic E-state index is 0.492. The first-order valence-corrected chi connectivity index (χ1v) is 4.41. The second-order valence-corrected chi connectivity index (χ2v) is 3.13. The van der Waals surface area contributed by atoms with Crippen LogP contribution in [0.5, 0.6) is 0 Å². The molecule has 2 nitrogen and oxygen atoms in total. The summed E-state index contributed by atoms with van der Waals surface area (Å²) >= 11 is 0. The van der Waals surface area contributed by atoms with Crippen LogP contribution in [-0.2, 0) is 4.74 Å². The lowest BCUT2D eigenvalue weighted by Crippen LogP contribution is -2.24. The Balaban J connectivity index is 2.27. The quantitative estimate of drug-likeness (QED) is 0.598. The number of hydrogen-bond acceptors (Lipinski definition) is 2. The van der Waals surface area contributed by atoms with Gasteiger partial charge in [0, 0.05) is 13.7 Å². The summed E-state index contributed by atoms with van der Waals surface area (Å²) < 4.78 is 5.32. The van der Waals surface area contributed by atoms with E-state index in [1.54, 1.807) is 0 Å². The third kappa shape index (κ3) is 2.80. The predicted molar refractivity (Wildman–Crippen MR) is 46.4 cm³/mol. The van der Waals surface area contributed by atoms with Gasteiger partial charge in [0.1, 0.15) is 0 Å². The summed E-state index contributed by atoms with van der Waals surface area (Å²) in [5, 5.41) is 0. The summed E-state index contributed by atoms with van der Waals surface area (Å²) in [6, 6.07) is 0. The van der Waals surface area contributed by atoms with Gasteiger partial charge >= 0.3 is 0 Å². The fourth-order valence-electron chi connectivity index (χ4n) is 1.58. The molecule has 0 spiro atoms. The Morgan fingerprint density at radius 3 is 2.91 bits per heavy atom. The molecule has 0 aromatic rings. The molecule has 0 saturated carbocycles. The van der Waals surface area contributed by atoms with Crippen molar-refractivity contribution in [3.8, 4) is 0 Å². The van der Waals surface area contributed by atoms with Crippen molar-refractivity contribution >= 4 is 0 Å². The van der Waals surface area contributed by atoms with Crippen LogP contribution in [0.25, 0.3) is 0 Å². The van der Waals surface area contributed by atoms with Crippen LogP contribution in [0.4, 0.5) is 0 Å². The third-order valence-corrected chi connectivity index (χ3v) is 2.42. The Morgan fingerprint density at radius 2 is 2.27 bits per heavy atom. The smallest absolute Gasteiger partial charge is 0.0584 e. The Kier molecular flexibility index (Phi) is 3.87. The molecule has 2 heteroatoms. The average Bonchev–Trinajstić information content (AvgIpc) is 2.28. The van der Waals surface area contributed by atoms with Crippen molar-refractivity contribution < 1.29 is 4.74 Å². The van der Waals surface area contributed by atoms with Crippen LogP contribution in [0.1, 0.15) is 19.3 Å². The lowest BCUT2D eigenvalue weighted by Gasteiger charge is -2.16. The molecule has 1 radical (unpaired) electrons. The molecule has 1 saturated heterocycles. The molecule has 1 fully saturated rings. The highest BCUT2D eigenvalue weighted by Gasteiger charge is 2.14. The maximum Gasteiger partial charge on any atom is 0.0584 e. The zero-order chi connectivity index (χ0) is 8.10. The number of rotatable bonds is 2. The molecule has 1 rings (SSSR count). The normalized spacial score (nSPS) is 28.4. The standard InChI is InChI=1S/C9H18NO/c1-3-10-7-4-5-9(11-2)6-8-10/h9H,1,3-8H2,2H3. The topological polar surface area (TPSA) is 12.5 Å². The van der Waals surface area contributed by atoms with Crippen LogP contribution in [0, 0.1) is 6.92 Å². The van der Waals surface area contributed by atoms with Crippen LogP contribution < -0.4 is 0 Å². The fourth-order valence-corrected chi connectivity index (χ4v) is 1.58. The van der Waals surface area contributed by atoms with Gasteiger partial charge in [0.2, 0.25) is 0 Å². The van der Waals surface area contributed by atoms with Crippen molar-refractivity contribution in [2.24, 2.45) is 0 Å². The predicted octanol–water partition coefficient (Wildman–Crippen LogP) is 1.32. The summed E-state index contributed by atoms with van der Waals surface area (Å²) in [4.78, 5) is 2.39. The van der Waals surface area contributed by atoms with E-state index in [1.807, 2.05) is 7.11 Å². The second-order valence-electron chi connectivity index (χ2n) is 3.13. The van der Waals surface area contributed by atoms with Crippen molar-refractivity contribution in [1.29, 1.82) is 0 Å². The van der Waals surface area contributed by atoms with Gasteiger partial charge < -0.3 is 9.64 Å². The Morgan fingerprint density at radius 1 is 1.45 bits per heavy atom. The first-order valence-electron chi connectivity index (χ1n) is 4.41. The van der Waals surface area contributed by atoms with Gasteiger partial charge in [-0.15, -0.1) is 0 Å². The van der Waals surface area contributed by atoms with Crippen LogP contribution in [0.2, 0.25) is 0 Å². The van der Waals surface area contributed by atoms with Crippen LogP contribution >= 0.6 is 0 Å². The number of ether oxygens (including phenoxy) is 1. The summed E-state index contributed by atoms with van der Waals surface area (Å²) in [6.45, 7) is 7.18. The first kappa shape index (κ1) is 9.01. The molecule has 0 bridgehead atoms. The van der Waals surface area contributed by atoms with Gasteiger partial charge in [-0.2, -0.15) is 0 Å². The fraction of sp³-hybridized carbons (Fsp3) is 0.889. The monoisotopic (exact) mass is 156 g/mol. The van der Waals surface area contributed by atoms with Crippen LogP contribution in [0.3, 0.4) is 0 Å². The number of likely N-dealkylation sites (tertiary alicyclic amines) is 1. The largest absolute Gasteiger partial charge is 0.381 e. The molecule has 0 aromatic heterocycles. The molecule has 11 heavy (non-hydrogen) atoms. The molecule has 1 aliphatic heterocycles. The van der Waals surface area contributed by atoms with Gasteiger partial charge in [-0.1, -0.05) is 0 Å². The minimum absolute atomic E-state index is 0.492. The number of hydrogen-bond donors (Lipinski definition) is 0. The van der Waals surface area contributed by atoms with E-state index in [4.69, 9.17) is 4.74 Å². The van der Waals surface area contributed by atoms with Gasteiger partial charge in [0.15, 0.2) is 0 Å². The third-order valence-electron chi connectivity index (χ3n) is 2.42. The van der Waals surface area contributed by atoms with Crippen LogP contribution in [0.15, 0.2) is 0 Å². The van der Waals surface area contributed by atoms with Gasteiger partial charge in [-0.25, -0.2) is 0 Å². The molecular formula is C9H18NO. The van der Waals surface area contributed by atoms with E-state index in [9.17, 15) is 0 Å². The molecule has 1 unspecified atom stereocenters. The highest BCUT2D eigenvalue weighted by molar-refractivity contribution is 4.69. The zero-order valence-corrected chi connectivity index (χ0v) is 7.38. The van der Waals surface area contributed by atoms with E-state index in [-0.39, 0.29) is 0 Å². The molecule has 1 aliphatic rings. The van der Waals surface area contributed by atoms with Gasteiger partial charge in [0.25, 0.3) is 0 Å². The van der Waals surface area contributed by atoms with Crippen LogP contribution in [-0.4, -0.2) is 37.7 Å². The lowest BCUT2D eigenvalue weighted by atomic mass is 10.2. The van der Waals surface area contributed by atoms with Crippen molar-refractivity contribution in [1.82, 2.24) is 4.90 Å². The average molecular weight is 156 g/mol. The first-order chi connectivity index (χ1) is 5.36. The second kappa shape index (κ2) is 4.73. The van der Waals surface area contributed by atoms with Gasteiger partial charge in [-0.05, 0) is 39.3 Å². The SMILES string of the molecule is [CH2]CN1CCCC(OC)CC1. The highest BCUT2D eigenvalue weighted by Crippen LogP contribution is 2.12. The van der Waals surface area contributed by atoms with Gasteiger partial charge in [-0.3, -0.25) is 0 Å². The molecule has 1 heterocycles. The minimum Gasteiger partial charge on any atom is -0.381 e. The Labute approximate surface area is 69.5 Å². The Bertz CT molecular complexity index is 93.7. The summed E-state index contributed by atoms with van der Waals surface area (Å²) in [7, 11) is 1.81. The molecule has 0 N–H and O–H groups in total. The van der Waals surface area contributed by atoms with E-state index >= 15 is 0 Å². The lowest BCUT2D eigenvalue weighted by molar-refractivity contribution is 0.0901. The maximum absolute atomic E-state index is 5.32. The van der Waals surface area contributed by atoms with E-state index in [1.165, 1.54) is 25.8 Å². The summed E-state index contributed by atoms with van der Waals surface area (Å²) in [6.07, 6.45) is 4.14. The number of nitrogens with zero attached hydrogens (tertiary/aromatic N) is 1. The molecule has 0 aliphatic carbocycles. The molecule has 65 valence electrons. The summed E-state index contributed by atoms with van der Waals surface area (Å²) in [5.74, 6) is 0. The van der Waals surface area contributed by atoms with Crippen molar-refractivity contribution in [2.75, 3.05) is 26.7 Å². The van der Waals surface area contributed by atoms with E-state index in [0.29, 0.717) is 6.10 Å². The van der Waals surface area contributed by atoms with E-state index in [0.717, 1.165) is 13.1 Å². The Hall–Kier alpha value is -0.0800. The van der Waals surface area contributed by atoms with Crippen molar-refractivity contribution in [2.45, 2.75) is 25.4 Å². The number of methoxy groups -OCH3 is 1. The van der Waals surface area contributed by atoms with Gasteiger partial charge in [0.05, 0.1) is 6.10 Å². The van der Waals surface area contributed by atoms with Crippen molar-refractivity contribution in [3.05, 3.63) is 6.92 Å². The zero-order valence-electron chi connectivity index (χ0n) is 7.38. The van der Waals surface area contributed by atoms with E-state index < -0.39 is 0 Å². The molecular weight excluding hydrogens is 138 g/mol. The molecule has 0 aromatic carbocycles. The van der Waals surface area contributed by atoms with Crippen molar-refractivity contribution in [3.63, 3.8) is 0 Å².